The molecule has 2 N–H and O–H groups in total. The number of nitrogens with zero attached hydrogens (tertiary/aromatic N) is 3. The molecule has 0 amide bonds. The molecule has 3 aliphatic rings. The van der Waals surface area contributed by atoms with Crippen molar-refractivity contribution in [2.45, 2.75) is 52.1 Å². The Morgan fingerprint density at radius 2 is 1.88 bits per heavy atom. The van der Waals surface area contributed by atoms with Gasteiger partial charge in [0.2, 0.25) is 0 Å². The van der Waals surface area contributed by atoms with Gasteiger partial charge in [-0.15, -0.1) is 0 Å². The summed E-state index contributed by atoms with van der Waals surface area (Å²) < 4.78 is 5.51. The first-order chi connectivity index (χ1) is 12.7. The highest BCUT2D eigenvalue weighted by atomic mass is 16.5. The molecule has 0 aromatic carbocycles. The van der Waals surface area contributed by atoms with Crippen molar-refractivity contribution in [3.8, 4) is 0 Å². The fourth-order valence-electron chi connectivity index (χ4n) is 4.23. The predicted molar refractivity (Wildman–Crippen MR) is 108 cm³/mol. The lowest BCUT2D eigenvalue weighted by molar-refractivity contribution is 0.00867. The van der Waals surface area contributed by atoms with Gasteiger partial charge in [-0.25, -0.2) is 0 Å². The van der Waals surface area contributed by atoms with E-state index in [1.54, 1.807) is 0 Å². The number of hydrogen-bond donors (Lipinski definition) is 2. The molecule has 0 spiro atoms. The van der Waals surface area contributed by atoms with Crippen molar-refractivity contribution in [2.24, 2.45) is 16.8 Å². The SMILES string of the molecule is CCNC(=NCC(C(C)C)N1CCOCC1)NCC1CCN(C2CC2)C1. The fraction of sp³-hybridized carbons (Fsp3) is 0.950. The zero-order valence-corrected chi connectivity index (χ0v) is 17.0. The van der Waals surface area contributed by atoms with Crippen molar-refractivity contribution in [3.63, 3.8) is 0 Å². The van der Waals surface area contributed by atoms with Gasteiger partial charge in [0.1, 0.15) is 0 Å². The summed E-state index contributed by atoms with van der Waals surface area (Å²) in [5.74, 6) is 2.34. The van der Waals surface area contributed by atoms with Crippen molar-refractivity contribution < 1.29 is 4.74 Å². The third-order valence-electron chi connectivity index (χ3n) is 6.00. The van der Waals surface area contributed by atoms with Crippen LogP contribution in [0, 0.1) is 11.8 Å². The average molecular weight is 366 g/mol. The lowest BCUT2D eigenvalue weighted by Crippen LogP contribution is -2.48. The topological polar surface area (TPSA) is 52.1 Å². The van der Waals surface area contributed by atoms with Crippen molar-refractivity contribution in [3.05, 3.63) is 0 Å². The summed E-state index contributed by atoms with van der Waals surface area (Å²) in [6.07, 6.45) is 4.16. The quantitative estimate of drug-likeness (QED) is 0.503. The van der Waals surface area contributed by atoms with Gasteiger partial charge in [0.05, 0.1) is 19.8 Å². The molecule has 2 unspecified atom stereocenters. The molecule has 1 saturated carbocycles. The number of ether oxygens (including phenoxy) is 1. The highest BCUT2D eigenvalue weighted by Gasteiger charge is 2.34. The van der Waals surface area contributed by atoms with Crippen LogP contribution in [0.4, 0.5) is 0 Å². The molecule has 26 heavy (non-hydrogen) atoms. The van der Waals surface area contributed by atoms with E-state index in [2.05, 4.69) is 41.2 Å². The van der Waals surface area contributed by atoms with E-state index in [1.165, 1.54) is 32.4 Å². The monoisotopic (exact) mass is 365 g/mol. The second-order valence-corrected chi connectivity index (χ2v) is 8.44. The molecule has 2 saturated heterocycles. The van der Waals surface area contributed by atoms with Gasteiger partial charge >= 0.3 is 0 Å². The number of hydrogen-bond acceptors (Lipinski definition) is 4. The van der Waals surface area contributed by atoms with Gasteiger partial charge in [0.15, 0.2) is 5.96 Å². The minimum absolute atomic E-state index is 0.492. The molecule has 2 aliphatic heterocycles. The Morgan fingerprint density at radius 3 is 2.54 bits per heavy atom. The largest absolute Gasteiger partial charge is 0.379 e. The van der Waals surface area contributed by atoms with Crippen LogP contribution in [0.3, 0.4) is 0 Å². The van der Waals surface area contributed by atoms with E-state index in [0.717, 1.165) is 63.9 Å². The first-order valence-electron chi connectivity index (χ1n) is 10.8. The van der Waals surface area contributed by atoms with Gasteiger partial charge in [-0.1, -0.05) is 13.8 Å². The van der Waals surface area contributed by atoms with Crippen LogP contribution in [0.15, 0.2) is 4.99 Å². The summed E-state index contributed by atoms with van der Waals surface area (Å²) in [7, 11) is 0. The Kier molecular flexibility index (Phi) is 7.58. The Labute approximate surface area is 159 Å². The Hall–Kier alpha value is -0.850. The maximum absolute atomic E-state index is 5.51. The second-order valence-electron chi connectivity index (χ2n) is 8.44. The minimum Gasteiger partial charge on any atom is -0.379 e. The second kappa shape index (κ2) is 9.90. The van der Waals surface area contributed by atoms with E-state index in [0.29, 0.717) is 12.0 Å². The van der Waals surface area contributed by atoms with E-state index in [1.807, 2.05) is 0 Å². The molecular weight excluding hydrogens is 326 g/mol. The van der Waals surface area contributed by atoms with Crippen molar-refractivity contribution >= 4 is 5.96 Å². The Morgan fingerprint density at radius 1 is 1.12 bits per heavy atom. The third-order valence-corrected chi connectivity index (χ3v) is 6.00. The Balaban J connectivity index is 1.48. The van der Waals surface area contributed by atoms with Crippen LogP contribution in [0.2, 0.25) is 0 Å². The smallest absolute Gasteiger partial charge is 0.191 e. The summed E-state index contributed by atoms with van der Waals surface area (Å²) >= 11 is 0. The first-order valence-corrected chi connectivity index (χ1v) is 10.8. The third kappa shape index (κ3) is 5.83. The van der Waals surface area contributed by atoms with E-state index in [9.17, 15) is 0 Å². The molecule has 0 radical (unpaired) electrons. The molecule has 0 bridgehead atoms. The number of nitrogens with one attached hydrogen (secondary N) is 2. The molecule has 2 heterocycles. The summed E-state index contributed by atoms with van der Waals surface area (Å²) in [6.45, 7) is 15.9. The molecule has 0 aromatic heterocycles. The number of rotatable bonds is 8. The van der Waals surface area contributed by atoms with Crippen molar-refractivity contribution in [1.82, 2.24) is 20.4 Å². The molecule has 6 heteroatoms. The van der Waals surface area contributed by atoms with Gasteiger partial charge < -0.3 is 20.3 Å². The van der Waals surface area contributed by atoms with Gasteiger partial charge in [0, 0.05) is 44.8 Å². The molecule has 3 fully saturated rings. The summed E-state index contributed by atoms with van der Waals surface area (Å²) in [4.78, 5) is 10.2. The molecule has 6 nitrogen and oxygen atoms in total. The summed E-state index contributed by atoms with van der Waals surface area (Å²) in [6, 6.07) is 1.40. The van der Waals surface area contributed by atoms with Crippen LogP contribution < -0.4 is 10.6 Å². The lowest BCUT2D eigenvalue weighted by atomic mass is 10.0. The highest BCUT2D eigenvalue weighted by molar-refractivity contribution is 5.79. The van der Waals surface area contributed by atoms with Crippen LogP contribution in [0.5, 0.6) is 0 Å². The van der Waals surface area contributed by atoms with Gasteiger partial charge in [-0.3, -0.25) is 9.89 Å². The van der Waals surface area contributed by atoms with Crippen molar-refractivity contribution in [1.29, 1.82) is 0 Å². The minimum atomic E-state index is 0.492. The maximum atomic E-state index is 5.51. The molecular formula is C20H39N5O. The molecule has 0 aromatic rings. The fourth-order valence-corrected chi connectivity index (χ4v) is 4.23. The predicted octanol–water partition coefficient (Wildman–Crippen LogP) is 1.38. The number of guanidine groups is 1. The van der Waals surface area contributed by atoms with E-state index in [-0.39, 0.29) is 0 Å². The zero-order valence-electron chi connectivity index (χ0n) is 17.0. The standard InChI is InChI=1S/C20H39N5O/c1-4-21-20(22-13-17-7-8-25(15-17)18-5-6-18)23-14-19(16(2)3)24-9-11-26-12-10-24/h16-19H,4-15H2,1-3H3,(H2,21,22,23). The Bertz CT molecular complexity index is 445. The van der Waals surface area contributed by atoms with E-state index < -0.39 is 0 Å². The van der Waals surface area contributed by atoms with Crippen molar-refractivity contribution in [2.75, 3.05) is 59.0 Å². The zero-order chi connectivity index (χ0) is 18.4. The number of aliphatic imine (C=N–C) groups is 1. The normalized spacial score (nSPS) is 27.1. The maximum Gasteiger partial charge on any atom is 0.191 e. The average Bonchev–Trinajstić information content (AvgIpc) is 3.39. The molecule has 1 aliphatic carbocycles. The molecule has 2 atom stereocenters. The van der Waals surface area contributed by atoms with Crippen LogP contribution in [0.25, 0.3) is 0 Å². The van der Waals surface area contributed by atoms with Crippen LogP contribution in [-0.2, 0) is 4.74 Å². The van der Waals surface area contributed by atoms with Gasteiger partial charge in [0.25, 0.3) is 0 Å². The van der Waals surface area contributed by atoms with E-state index >= 15 is 0 Å². The van der Waals surface area contributed by atoms with Crippen LogP contribution >= 0.6 is 0 Å². The lowest BCUT2D eigenvalue weighted by Gasteiger charge is -2.36. The number of likely N-dealkylation sites (tertiary alicyclic amines) is 1. The molecule has 150 valence electrons. The van der Waals surface area contributed by atoms with E-state index in [4.69, 9.17) is 9.73 Å². The summed E-state index contributed by atoms with van der Waals surface area (Å²) in [5.41, 5.74) is 0. The van der Waals surface area contributed by atoms with Gasteiger partial charge in [-0.05, 0) is 44.6 Å². The first kappa shape index (κ1) is 19.9. The van der Waals surface area contributed by atoms with Gasteiger partial charge in [-0.2, -0.15) is 0 Å². The van der Waals surface area contributed by atoms with Crippen LogP contribution in [-0.4, -0.2) is 86.9 Å². The van der Waals surface area contributed by atoms with Crippen LogP contribution in [0.1, 0.15) is 40.0 Å². The summed E-state index contributed by atoms with van der Waals surface area (Å²) in [5, 5.41) is 7.04. The molecule has 3 rings (SSSR count). The number of morpholine rings is 1. The highest BCUT2D eigenvalue weighted by Crippen LogP contribution is 2.31.